The zero-order chi connectivity index (χ0) is 15.5. The van der Waals surface area contributed by atoms with Gasteiger partial charge in [0.15, 0.2) is 0 Å². The molecular weight excluding hydrogens is 288 g/mol. The molecule has 0 aromatic heterocycles. The molecule has 6 heteroatoms. The molecule has 1 aliphatic heterocycles. The van der Waals surface area contributed by atoms with Gasteiger partial charge in [0.25, 0.3) is 0 Å². The van der Waals surface area contributed by atoms with Gasteiger partial charge in [0.1, 0.15) is 5.75 Å². The molecule has 0 saturated carbocycles. The molecule has 0 radical (unpaired) electrons. The quantitative estimate of drug-likeness (QED) is 0.900. The van der Waals surface area contributed by atoms with Gasteiger partial charge in [0.05, 0.1) is 11.5 Å². The Morgan fingerprint density at radius 1 is 1.33 bits per heavy atom. The summed E-state index contributed by atoms with van der Waals surface area (Å²) < 4.78 is 32.1. The van der Waals surface area contributed by atoms with Crippen LogP contribution in [0.2, 0.25) is 0 Å². The lowest BCUT2D eigenvalue weighted by molar-refractivity contribution is 0.271. The van der Waals surface area contributed by atoms with E-state index < -0.39 is 10.0 Å². The Morgan fingerprint density at radius 2 is 2.00 bits per heavy atom. The second kappa shape index (κ2) is 6.77. The van der Waals surface area contributed by atoms with Crippen molar-refractivity contribution in [3.63, 3.8) is 0 Å². The van der Waals surface area contributed by atoms with E-state index in [9.17, 15) is 8.42 Å². The molecule has 0 unspecified atom stereocenters. The molecular formula is C15H24N2O3S. The van der Waals surface area contributed by atoms with E-state index in [1.165, 1.54) is 4.31 Å². The lowest BCUT2D eigenvalue weighted by Gasteiger charge is -2.29. The fourth-order valence-electron chi connectivity index (χ4n) is 2.31. The lowest BCUT2D eigenvalue weighted by atomic mass is 10.1. The van der Waals surface area contributed by atoms with Crippen molar-refractivity contribution in [2.24, 2.45) is 11.7 Å². The van der Waals surface area contributed by atoms with Crippen molar-refractivity contribution < 1.29 is 13.2 Å². The zero-order valence-electron chi connectivity index (χ0n) is 12.7. The van der Waals surface area contributed by atoms with Crippen LogP contribution in [0.4, 0.5) is 0 Å². The summed E-state index contributed by atoms with van der Waals surface area (Å²) in [5.74, 6) is 1.13. The first-order valence-corrected chi connectivity index (χ1v) is 8.82. The molecule has 118 valence electrons. The van der Waals surface area contributed by atoms with Crippen LogP contribution in [0, 0.1) is 5.92 Å². The van der Waals surface area contributed by atoms with E-state index in [2.05, 4.69) is 13.8 Å². The lowest BCUT2D eigenvalue weighted by Crippen LogP contribution is -2.45. The molecule has 21 heavy (non-hydrogen) atoms. The largest absolute Gasteiger partial charge is 0.493 e. The van der Waals surface area contributed by atoms with Crippen LogP contribution in [0.3, 0.4) is 0 Å². The summed E-state index contributed by atoms with van der Waals surface area (Å²) >= 11 is 0. The summed E-state index contributed by atoms with van der Waals surface area (Å²) in [4.78, 5) is 0.300. The summed E-state index contributed by atoms with van der Waals surface area (Å²) in [6.07, 6.45) is 1.70. The minimum absolute atomic E-state index is 0.0674. The molecule has 0 spiro atoms. The number of rotatable bonds is 5. The fraction of sp³-hybridized carbons (Fsp3) is 0.600. The minimum Gasteiger partial charge on any atom is -0.493 e. The van der Waals surface area contributed by atoms with Crippen LogP contribution in [0.1, 0.15) is 26.7 Å². The Morgan fingerprint density at radius 3 is 2.57 bits per heavy atom. The first kappa shape index (κ1) is 16.3. The average Bonchev–Trinajstić information content (AvgIpc) is 2.45. The van der Waals surface area contributed by atoms with Gasteiger partial charge in [0, 0.05) is 19.1 Å². The zero-order valence-corrected chi connectivity index (χ0v) is 13.5. The highest BCUT2D eigenvalue weighted by Gasteiger charge is 2.28. The van der Waals surface area contributed by atoms with Crippen LogP contribution in [-0.2, 0) is 10.0 Å². The fourth-order valence-corrected chi connectivity index (χ4v) is 3.85. The monoisotopic (exact) mass is 312 g/mol. The average molecular weight is 312 g/mol. The number of hydrogen-bond acceptors (Lipinski definition) is 4. The van der Waals surface area contributed by atoms with Gasteiger partial charge < -0.3 is 10.5 Å². The summed E-state index contributed by atoms with van der Waals surface area (Å²) in [5.41, 5.74) is 5.87. The van der Waals surface area contributed by atoms with Crippen LogP contribution < -0.4 is 10.5 Å². The smallest absolute Gasteiger partial charge is 0.243 e. The highest BCUT2D eigenvalue weighted by Crippen LogP contribution is 2.22. The maximum absolute atomic E-state index is 12.5. The maximum atomic E-state index is 12.5. The van der Waals surface area contributed by atoms with E-state index >= 15 is 0 Å². The van der Waals surface area contributed by atoms with Gasteiger partial charge in [-0.15, -0.1) is 0 Å². The number of piperidine rings is 1. The van der Waals surface area contributed by atoms with E-state index in [0.717, 1.165) is 12.8 Å². The number of sulfonamides is 1. The number of benzene rings is 1. The van der Waals surface area contributed by atoms with Gasteiger partial charge >= 0.3 is 0 Å². The first-order valence-electron chi connectivity index (χ1n) is 7.38. The van der Waals surface area contributed by atoms with E-state index in [-0.39, 0.29) is 6.04 Å². The second-order valence-corrected chi connectivity index (χ2v) is 7.88. The normalized spacial score (nSPS) is 20.7. The van der Waals surface area contributed by atoms with Gasteiger partial charge in [-0.05, 0) is 43.0 Å². The highest BCUT2D eigenvalue weighted by atomic mass is 32.2. The van der Waals surface area contributed by atoms with Gasteiger partial charge in [0.2, 0.25) is 10.0 Å². The topological polar surface area (TPSA) is 72.6 Å². The third kappa shape index (κ3) is 4.18. The third-order valence-corrected chi connectivity index (χ3v) is 5.34. The molecule has 1 aromatic carbocycles. The van der Waals surface area contributed by atoms with Crippen molar-refractivity contribution in [3.05, 3.63) is 24.3 Å². The third-order valence-electron chi connectivity index (χ3n) is 3.47. The summed E-state index contributed by atoms with van der Waals surface area (Å²) in [7, 11) is -3.45. The van der Waals surface area contributed by atoms with Crippen LogP contribution >= 0.6 is 0 Å². The molecule has 1 saturated heterocycles. The molecule has 5 nitrogen and oxygen atoms in total. The van der Waals surface area contributed by atoms with Crippen molar-refractivity contribution in [2.75, 3.05) is 19.7 Å². The molecule has 1 atom stereocenters. The van der Waals surface area contributed by atoms with Gasteiger partial charge in [-0.25, -0.2) is 8.42 Å². The molecule has 0 bridgehead atoms. The van der Waals surface area contributed by atoms with Crippen LogP contribution in [0.25, 0.3) is 0 Å². The Labute approximate surface area is 127 Å². The van der Waals surface area contributed by atoms with Crippen LogP contribution in [0.15, 0.2) is 29.2 Å². The van der Waals surface area contributed by atoms with Crippen molar-refractivity contribution in [2.45, 2.75) is 37.6 Å². The predicted octanol–water partition coefficient (Wildman–Crippen LogP) is 1.83. The van der Waals surface area contributed by atoms with E-state index in [4.69, 9.17) is 10.5 Å². The molecule has 0 amide bonds. The van der Waals surface area contributed by atoms with Crippen molar-refractivity contribution in [1.29, 1.82) is 0 Å². The summed E-state index contributed by atoms with van der Waals surface area (Å²) in [6, 6.07) is 6.55. The summed E-state index contributed by atoms with van der Waals surface area (Å²) in [5, 5.41) is 0. The van der Waals surface area contributed by atoms with E-state index in [0.29, 0.717) is 36.3 Å². The highest BCUT2D eigenvalue weighted by molar-refractivity contribution is 7.89. The minimum atomic E-state index is -3.45. The number of hydrogen-bond donors (Lipinski definition) is 1. The van der Waals surface area contributed by atoms with Gasteiger partial charge in [-0.1, -0.05) is 13.8 Å². The Balaban J connectivity index is 2.09. The Bertz CT molecular complexity index is 555. The molecule has 0 aliphatic carbocycles. The number of nitrogens with zero attached hydrogens (tertiary/aromatic N) is 1. The van der Waals surface area contributed by atoms with Gasteiger partial charge in [-0.2, -0.15) is 4.31 Å². The number of nitrogens with two attached hydrogens (primary N) is 1. The van der Waals surface area contributed by atoms with Crippen molar-refractivity contribution in [3.8, 4) is 5.75 Å². The molecule has 1 heterocycles. The molecule has 2 N–H and O–H groups in total. The van der Waals surface area contributed by atoms with Crippen LogP contribution in [-0.4, -0.2) is 38.5 Å². The number of ether oxygens (including phenoxy) is 1. The summed E-state index contributed by atoms with van der Waals surface area (Å²) in [6.45, 7) is 5.69. The predicted molar refractivity (Wildman–Crippen MR) is 82.7 cm³/mol. The van der Waals surface area contributed by atoms with E-state index in [1.54, 1.807) is 24.3 Å². The van der Waals surface area contributed by atoms with Crippen LogP contribution in [0.5, 0.6) is 5.75 Å². The van der Waals surface area contributed by atoms with E-state index in [1.807, 2.05) is 0 Å². The first-order chi connectivity index (χ1) is 9.89. The van der Waals surface area contributed by atoms with Crippen molar-refractivity contribution >= 4 is 10.0 Å². The van der Waals surface area contributed by atoms with Crippen molar-refractivity contribution in [1.82, 2.24) is 4.31 Å². The van der Waals surface area contributed by atoms with Gasteiger partial charge in [-0.3, -0.25) is 0 Å². The molecule has 1 fully saturated rings. The second-order valence-electron chi connectivity index (χ2n) is 5.94. The Kier molecular flexibility index (Phi) is 5.24. The Hall–Kier alpha value is -1.11. The molecule has 1 aliphatic rings. The molecule has 2 rings (SSSR count). The standard InChI is InChI=1S/C15H24N2O3S/c1-12(2)11-20-14-5-7-15(8-6-14)21(18,19)17-9-3-4-13(16)10-17/h5-8,12-13H,3-4,9-11,16H2,1-2H3/t13-/m1/s1. The SMILES string of the molecule is CC(C)COc1ccc(S(=O)(=O)N2CCC[C@@H](N)C2)cc1. The maximum Gasteiger partial charge on any atom is 0.243 e. The molecule has 1 aromatic rings.